The molecule has 5 heteroatoms. The fraction of sp³-hybridized carbons (Fsp3) is 0.625. The highest BCUT2D eigenvalue weighted by Crippen LogP contribution is 2.28. The molecule has 1 aromatic rings. The summed E-state index contributed by atoms with van der Waals surface area (Å²) in [4.78, 5) is 2.76. The molecule has 118 valence electrons. The van der Waals surface area contributed by atoms with Crippen molar-refractivity contribution in [3.8, 4) is 0 Å². The first-order valence-electron chi connectivity index (χ1n) is 7.88. The van der Waals surface area contributed by atoms with Crippen LogP contribution in [0.25, 0.3) is 0 Å². The molecule has 1 aromatic carbocycles. The van der Waals surface area contributed by atoms with Gasteiger partial charge in [-0.1, -0.05) is 26.2 Å². The van der Waals surface area contributed by atoms with Gasteiger partial charge >= 0.3 is 0 Å². The van der Waals surface area contributed by atoms with Gasteiger partial charge in [-0.3, -0.25) is 0 Å². The lowest BCUT2D eigenvalue weighted by Crippen LogP contribution is -2.40. The lowest BCUT2D eigenvalue weighted by molar-refractivity contribution is 0.416. The maximum atomic E-state index is 11.9. The number of hydrogen-bond acceptors (Lipinski definition) is 4. The lowest BCUT2D eigenvalue weighted by Gasteiger charge is -2.36. The maximum absolute atomic E-state index is 11.9. The summed E-state index contributed by atoms with van der Waals surface area (Å²) in [5.74, 6) is 0.140. The number of hydrogen-bond donors (Lipinski definition) is 1. The molecule has 0 atom stereocenters. The third kappa shape index (κ3) is 3.98. The van der Waals surface area contributed by atoms with E-state index in [-0.39, 0.29) is 5.75 Å². The number of benzene rings is 1. The monoisotopic (exact) mass is 310 g/mol. The van der Waals surface area contributed by atoms with Crippen molar-refractivity contribution in [2.45, 2.75) is 50.0 Å². The summed E-state index contributed by atoms with van der Waals surface area (Å²) in [6.45, 7) is 3.11. The molecular formula is C16H26N2O2S. The SMILES string of the molecule is CCS(=O)(=O)c1ccc(N(CCN)C2CCCCC2)cc1. The first-order valence-corrected chi connectivity index (χ1v) is 9.53. The summed E-state index contributed by atoms with van der Waals surface area (Å²) in [7, 11) is -3.12. The summed E-state index contributed by atoms with van der Waals surface area (Å²) >= 11 is 0. The van der Waals surface area contributed by atoms with E-state index in [2.05, 4.69) is 4.90 Å². The number of nitrogens with two attached hydrogens (primary N) is 1. The quantitative estimate of drug-likeness (QED) is 0.877. The minimum Gasteiger partial charge on any atom is -0.367 e. The van der Waals surface area contributed by atoms with Gasteiger partial charge in [-0.25, -0.2) is 8.42 Å². The third-order valence-corrected chi connectivity index (χ3v) is 6.04. The molecule has 0 bridgehead atoms. The van der Waals surface area contributed by atoms with Crippen LogP contribution in [-0.4, -0.2) is 33.3 Å². The topological polar surface area (TPSA) is 63.4 Å². The van der Waals surface area contributed by atoms with E-state index >= 15 is 0 Å². The molecule has 0 spiro atoms. The van der Waals surface area contributed by atoms with Gasteiger partial charge in [-0.05, 0) is 37.1 Å². The Morgan fingerprint density at radius 3 is 2.29 bits per heavy atom. The van der Waals surface area contributed by atoms with Gasteiger partial charge < -0.3 is 10.6 Å². The standard InChI is InChI=1S/C16H26N2O2S/c1-2-21(19,20)16-10-8-15(9-11-16)18(13-12-17)14-6-4-3-5-7-14/h8-11,14H,2-7,12-13,17H2,1H3. The minimum atomic E-state index is -3.12. The largest absolute Gasteiger partial charge is 0.367 e. The molecule has 1 aliphatic rings. The van der Waals surface area contributed by atoms with Crippen LogP contribution in [0.2, 0.25) is 0 Å². The lowest BCUT2D eigenvalue weighted by atomic mass is 9.93. The van der Waals surface area contributed by atoms with Crippen molar-refractivity contribution in [1.82, 2.24) is 0 Å². The van der Waals surface area contributed by atoms with Gasteiger partial charge in [-0.2, -0.15) is 0 Å². The number of nitrogens with zero attached hydrogens (tertiary/aromatic N) is 1. The van der Waals surface area contributed by atoms with Gasteiger partial charge in [0.25, 0.3) is 0 Å². The van der Waals surface area contributed by atoms with E-state index < -0.39 is 9.84 Å². The molecule has 2 rings (SSSR count). The Morgan fingerprint density at radius 2 is 1.76 bits per heavy atom. The molecule has 0 unspecified atom stereocenters. The summed E-state index contributed by atoms with van der Waals surface area (Å²) in [6.07, 6.45) is 6.27. The van der Waals surface area contributed by atoms with Crippen LogP contribution >= 0.6 is 0 Å². The van der Waals surface area contributed by atoms with E-state index in [1.807, 2.05) is 12.1 Å². The van der Waals surface area contributed by atoms with Gasteiger partial charge in [0.15, 0.2) is 9.84 Å². The number of rotatable bonds is 6. The van der Waals surface area contributed by atoms with Gasteiger partial charge in [0, 0.05) is 24.8 Å². The molecule has 0 amide bonds. The van der Waals surface area contributed by atoms with Crippen molar-refractivity contribution in [2.75, 3.05) is 23.7 Å². The van der Waals surface area contributed by atoms with Gasteiger partial charge in [0.05, 0.1) is 10.6 Å². The van der Waals surface area contributed by atoms with Crippen molar-refractivity contribution in [3.05, 3.63) is 24.3 Å². The molecule has 1 fully saturated rings. The zero-order valence-electron chi connectivity index (χ0n) is 12.8. The van der Waals surface area contributed by atoms with Crippen LogP contribution in [0.5, 0.6) is 0 Å². The second-order valence-corrected chi connectivity index (χ2v) is 7.95. The van der Waals surface area contributed by atoms with Crippen molar-refractivity contribution in [3.63, 3.8) is 0 Å². The van der Waals surface area contributed by atoms with Crippen LogP contribution in [0.15, 0.2) is 29.2 Å². The molecular weight excluding hydrogens is 284 g/mol. The summed E-state index contributed by atoms with van der Waals surface area (Å²) in [5, 5.41) is 0. The van der Waals surface area contributed by atoms with Crippen molar-refractivity contribution in [1.29, 1.82) is 0 Å². The van der Waals surface area contributed by atoms with E-state index in [0.717, 1.165) is 12.2 Å². The Kier molecular flexibility index (Phi) is 5.65. The molecule has 0 heterocycles. The molecule has 0 saturated heterocycles. The highest BCUT2D eigenvalue weighted by molar-refractivity contribution is 7.91. The molecule has 0 radical (unpaired) electrons. The zero-order chi connectivity index (χ0) is 15.3. The first kappa shape index (κ1) is 16.3. The summed E-state index contributed by atoms with van der Waals surface area (Å²) in [6, 6.07) is 7.83. The Bertz CT molecular complexity index is 534. The van der Waals surface area contributed by atoms with Crippen LogP contribution in [0.1, 0.15) is 39.0 Å². The fourth-order valence-electron chi connectivity index (χ4n) is 3.07. The smallest absolute Gasteiger partial charge is 0.178 e. The molecule has 0 aromatic heterocycles. The first-order chi connectivity index (χ1) is 10.1. The Labute approximate surface area is 128 Å². The molecule has 1 aliphatic carbocycles. The van der Waals surface area contributed by atoms with Crippen LogP contribution in [-0.2, 0) is 9.84 Å². The zero-order valence-corrected chi connectivity index (χ0v) is 13.6. The molecule has 2 N–H and O–H groups in total. The Morgan fingerprint density at radius 1 is 1.14 bits per heavy atom. The number of sulfone groups is 1. The molecule has 0 aliphatic heterocycles. The molecule has 1 saturated carbocycles. The third-order valence-electron chi connectivity index (χ3n) is 4.29. The van der Waals surface area contributed by atoms with Crippen molar-refractivity contribution >= 4 is 15.5 Å². The highest BCUT2D eigenvalue weighted by Gasteiger charge is 2.21. The van der Waals surface area contributed by atoms with Crippen molar-refractivity contribution < 1.29 is 8.42 Å². The predicted molar refractivity (Wildman–Crippen MR) is 87.4 cm³/mol. The molecule has 4 nitrogen and oxygen atoms in total. The Hall–Kier alpha value is -1.07. The van der Waals surface area contributed by atoms with Crippen LogP contribution in [0.4, 0.5) is 5.69 Å². The van der Waals surface area contributed by atoms with Crippen LogP contribution in [0, 0.1) is 0 Å². The Balaban J connectivity index is 2.20. The molecule has 21 heavy (non-hydrogen) atoms. The number of anilines is 1. The average Bonchev–Trinajstić information content (AvgIpc) is 2.53. The predicted octanol–water partition coefficient (Wildman–Crippen LogP) is 2.58. The highest BCUT2D eigenvalue weighted by atomic mass is 32.2. The van der Waals surface area contributed by atoms with E-state index in [1.165, 1.54) is 32.1 Å². The average molecular weight is 310 g/mol. The van der Waals surface area contributed by atoms with Gasteiger partial charge in [0.2, 0.25) is 0 Å². The fourth-order valence-corrected chi connectivity index (χ4v) is 3.95. The summed E-state index contributed by atoms with van der Waals surface area (Å²) < 4.78 is 23.8. The van der Waals surface area contributed by atoms with E-state index in [1.54, 1.807) is 19.1 Å². The second kappa shape index (κ2) is 7.27. The maximum Gasteiger partial charge on any atom is 0.178 e. The normalized spacial score (nSPS) is 16.9. The summed E-state index contributed by atoms with van der Waals surface area (Å²) in [5.41, 5.74) is 6.84. The van der Waals surface area contributed by atoms with E-state index in [0.29, 0.717) is 17.5 Å². The van der Waals surface area contributed by atoms with Crippen LogP contribution in [0.3, 0.4) is 0 Å². The van der Waals surface area contributed by atoms with E-state index in [4.69, 9.17) is 5.73 Å². The van der Waals surface area contributed by atoms with Gasteiger partial charge in [-0.15, -0.1) is 0 Å². The van der Waals surface area contributed by atoms with Crippen LogP contribution < -0.4 is 10.6 Å². The van der Waals surface area contributed by atoms with Gasteiger partial charge in [0.1, 0.15) is 0 Å². The van der Waals surface area contributed by atoms with E-state index in [9.17, 15) is 8.42 Å². The van der Waals surface area contributed by atoms with Crippen molar-refractivity contribution in [2.24, 2.45) is 5.73 Å². The second-order valence-electron chi connectivity index (χ2n) is 5.67. The minimum absolute atomic E-state index is 0.140.